The lowest BCUT2D eigenvalue weighted by molar-refractivity contribution is 0.138. The standard InChI is InChI=1S/C12H16ClN3O3S/c1-3-19-9-8-15(2)20(17,18)12-11(13)14-10-6-4-5-7-16(10)12/h4-7H,3,8-9H2,1-2H3. The molecule has 8 heteroatoms. The maximum absolute atomic E-state index is 12.5. The molecule has 0 spiro atoms. The van der Waals surface area contributed by atoms with E-state index in [0.717, 1.165) is 0 Å². The normalized spacial score (nSPS) is 12.4. The lowest BCUT2D eigenvalue weighted by atomic mass is 10.5. The Bertz CT molecular complexity index is 699. The Morgan fingerprint density at radius 3 is 2.90 bits per heavy atom. The summed E-state index contributed by atoms with van der Waals surface area (Å²) in [5, 5.41) is -0.0479. The van der Waals surface area contributed by atoms with Gasteiger partial charge in [0.1, 0.15) is 5.65 Å². The number of likely N-dealkylation sites (N-methyl/N-ethyl adjacent to an activating group) is 1. The number of halogens is 1. The second kappa shape index (κ2) is 6.09. The van der Waals surface area contributed by atoms with Gasteiger partial charge in [-0.1, -0.05) is 17.7 Å². The summed E-state index contributed by atoms with van der Waals surface area (Å²) in [4.78, 5) is 4.05. The molecular formula is C12H16ClN3O3S. The molecule has 0 aromatic carbocycles. The second-order valence-corrected chi connectivity index (χ2v) is 6.48. The minimum absolute atomic E-state index is 0.0197. The number of nitrogens with zero attached hydrogens (tertiary/aromatic N) is 3. The van der Waals surface area contributed by atoms with E-state index >= 15 is 0 Å². The minimum Gasteiger partial charge on any atom is -0.380 e. The average molecular weight is 318 g/mol. The summed E-state index contributed by atoms with van der Waals surface area (Å²) in [6.45, 7) is 2.99. The van der Waals surface area contributed by atoms with Gasteiger partial charge in [-0.15, -0.1) is 0 Å². The third-order valence-electron chi connectivity index (χ3n) is 2.86. The van der Waals surface area contributed by atoms with Crippen molar-refractivity contribution in [3.05, 3.63) is 29.5 Å². The van der Waals surface area contributed by atoms with Crippen molar-refractivity contribution in [1.29, 1.82) is 0 Å². The Balaban J connectivity index is 2.39. The second-order valence-electron chi connectivity index (χ2n) is 4.16. The van der Waals surface area contributed by atoms with Crippen molar-refractivity contribution in [1.82, 2.24) is 13.7 Å². The van der Waals surface area contributed by atoms with Gasteiger partial charge in [0.05, 0.1) is 6.61 Å². The lowest BCUT2D eigenvalue weighted by Crippen LogP contribution is -2.31. The molecule has 0 N–H and O–H groups in total. The number of hydrogen-bond donors (Lipinski definition) is 0. The minimum atomic E-state index is -3.71. The predicted molar refractivity (Wildman–Crippen MR) is 76.5 cm³/mol. The lowest BCUT2D eigenvalue weighted by Gasteiger charge is -2.16. The van der Waals surface area contributed by atoms with Gasteiger partial charge in [0.2, 0.25) is 0 Å². The molecule has 110 valence electrons. The van der Waals surface area contributed by atoms with Crippen molar-refractivity contribution in [2.75, 3.05) is 26.8 Å². The molecular weight excluding hydrogens is 302 g/mol. The van der Waals surface area contributed by atoms with Gasteiger partial charge in [0.25, 0.3) is 10.0 Å². The van der Waals surface area contributed by atoms with Crippen LogP contribution < -0.4 is 0 Å². The van der Waals surface area contributed by atoms with Gasteiger partial charge in [-0.05, 0) is 19.1 Å². The monoisotopic (exact) mass is 317 g/mol. The molecule has 0 radical (unpaired) electrons. The van der Waals surface area contributed by atoms with E-state index in [4.69, 9.17) is 16.3 Å². The van der Waals surface area contributed by atoms with Crippen molar-refractivity contribution in [2.24, 2.45) is 0 Å². The van der Waals surface area contributed by atoms with E-state index in [-0.39, 0.29) is 16.7 Å². The van der Waals surface area contributed by atoms with E-state index < -0.39 is 10.0 Å². The number of imidazole rings is 1. The molecule has 0 aliphatic rings. The molecule has 2 rings (SSSR count). The van der Waals surface area contributed by atoms with Crippen LogP contribution in [0.5, 0.6) is 0 Å². The van der Waals surface area contributed by atoms with Crippen LogP contribution in [-0.2, 0) is 14.8 Å². The Labute approximate surface area is 123 Å². The molecule has 6 nitrogen and oxygen atoms in total. The summed E-state index contributed by atoms with van der Waals surface area (Å²) in [6, 6.07) is 5.20. The number of aromatic nitrogens is 2. The molecule has 2 aromatic heterocycles. The summed E-state index contributed by atoms with van der Waals surface area (Å²) in [6.07, 6.45) is 1.62. The number of pyridine rings is 1. The fourth-order valence-electron chi connectivity index (χ4n) is 1.78. The number of rotatable bonds is 6. The zero-order chi connectivity index (χ0) is 14.8. The number of hydrogen-bond acceptors (Lipinski definition) is 4. The van der Waals surface area contributed by atoms with Gasteiger partial charge in [-0.2, -0.15) is 4.31 Å². The molecule has 0 unspecified atom stereocenters. The highest BCUT2D eigenvalue weighted by atomic mass is 35.5. The van der Waals surface area contributed by atoms with Crippen LogP contribution >= 0.6 is 11.6 Å². The quantitative estimate of drug-likeness (QED) is 0.760. The zero-order valence-electron chi connectivity index (χ0n) is 11.3. The van der Waals surface area contributed by atoms with Crippen LogP contribution in [0.3, 0.4) is 0 Å². The van der Waals surface area contributed by atoms with Crippen LogP contribution in [0.25, 0.3) is 5.65 Å². The largest absolute Gasteiger partial charge is 0.380 e. The molecule has 2 heterocycles. The number of ether oxygens (including phenoxy) is 1. The third-order valence-corrected chi connectivity index (χ3v) is 5.11. The van der Waals surface area contributed by atoms with E-state index in [0.29, 0.717) is 18.9 Å². The predicted octanol–water partition coefficient (Wildman–Crippen LogP) is 1.64. The summed E-state index contributed by atoms with van der Waals surface area (Å²) >= 11 is 5.99. The van der Waals surface area contributed by atoms with Crippen LogP contribution in [0.15, 0.2) is 29.4 Å². The molecule has 0 atom stereocenters. The molecule has 0 saturated heterocycles. The van der Waals surface area contributed by atoms with Gasteiger partial charge in [0, 0.05) is 26.4 Å². The van der Waals surface area contributed by atoms with Crippen LogP contribution in [0.1, 0.15) is 6.92 Å². The molecule has 0 fully saturated rings. The highest BCUT2D eigenvalue weighted by molar-refractivity contribution is 7.89. The van der Waals surface area contributed by atoms with Crippen LogP contribution in [0, 0.1) is 0 Å². The van der Waals surface area contributed by atoms with Crippen molar-refractivity contribution in [3.8, 4) is 0 Å². The SMILES string of the molecule is CCOCCN(C)S(=O)(=O)c1c(Cl)nc2ccccn12. The topological polar surface area (TPSA) is 63.9 Å². The Morgan fingerprint density at radius 2 is 2.20 bits per heavy atom. The Kier molecular flexibility index (Phi) is 4.64. The Hall–Kier alpha value is -1.15. The molecule has 0 bridgehead atoms. The van der Waals surface area contributed by atoms with Crippen LogP contribution in [-0.4, -0.2) is 48.9 Å². The summed E-state index contributed by atoms with van der Waals surface area (Å²) in [7, 11) is -2.22. The number of sulfonamides is 1. The molecule has 0 saturated carbocycles. The van der Waals surface area contributed by atoms with E-state index in [9.17, 15) is 8.42 Å². The van der Waals surface area contributed by atoms with E-state index in [2.05, 4.69) is 4.98 Å². The van der Waals surface area contributed by atoms with Gasteiger partial charge in [0.15, 0.2) is 10.2 Å². The first kappa shape index (κ1) is 15.2. The van der Waals surface area contributed by atoms with Crippen LogP contribution in [0.4, 0.5) is 0 Å². The molecule has 20 heavy (non-hydrogen) atoms. The first-order valence-corrected chi connectivity index (χ1v) is 7.97. The summed E-state index contributed by atoms with van der Waals surface area (Å²) in [5.74, 6) is 0. The third kappa shape index (κ3) is 2.80. The fourth-order valence-corrected chi connectivity index (χ4v) is 3.52. The first-order chi connectivity index (χ1) is 9.48. The fraction of sp³-hybridized carbons (Fsp3) is 0.417. The smallest absolute Gasteiger partial charge is 0.262 e. The van der Waals surface area contributed by atoms with Gasteiger partial charge < -0.3 is 4.74 Å². The first-order valence-electron chi connectivity index (χ1n) is 6.15. The highest BCUT2D eigenvalue weighted by Crippen LogP contribution is 2.24. The molecule has 0 aliphatic carbocycles. The van der Waals surface area contributed by atoms with Crippen molar-refractivity contribution < 1.29 is 13.2 Å². The van der Waals surface area contributed by atoms with Gasteiger partial charge in [-0.3, -0.25) is 4.40 Å². The summed E-state index contributed by atoms with van der Waals surface area (Å²) < 4.78 is 32.9. The zero-order valence-corrected chi connectivity index (χ0v) is 12.9. The van der Waals surface area contributed by atoms with E-state index in [1.54, 1.807) is 24.4 Å². The van der Waals surface area contributed by atoms with Crippen molar-refractivity contribution in [2.45, 2.75) is 11.9 Å². The highest BCUT2D eigenvalue weighted by Gasteiger charge is 2.28. The van der Waals surface area contributed by atoms with E-state index in [1.165, 1.54) is 15.8 Å². The maximum atomic E-state index is 12.5. The number of fused-ring (bicyclic) bond motifs is 1. The van der Waals surface area contributed by atoms with Crippen molar-refractivity contribution in [3.63, 3.8) is 0 Å². The van der Waals surface area contributed by atoms with Gasteiger partial charge in [-0.25, -0.2) is 13.4 Å². The maximum Gasteiger partial charge on any atom is 0.262 e. The molecule has 2 aromatic rings. The average Bonchev–Trinajstić information content (AvgIpc) is 2.75. The Morgan fingerprint density at radius 1 is 1.45 bits per heavy atom. The van der Waals surface area contributed by atoms with E-state index in [1.807, 2.05) is 6.92 Å². The summed E-state index contributed by atoms with van der Waals surface area (Å²) in [5.41, 5.74) is 0.495. The van der Waals surface area contributed by atoms with Crippen molar-refractivity contribution >= 4 is 27.3 Å². The molecule has 0 aliphatic heterocycles. The molecule has 0 amide bonds. The van der Waals surface area contributed by atoms with Crippen LogP contribution in [0.2, 0.25) is 5.15 Å². The van der Waals surface area contributed by atoms with Gasteiger partial charge >= 0.3 is 0 Å².